The zero-order valence-corrected chi connectivity index (χ0v) is 54.5. The minimum absolute atomic E-state index is 0. The molecule has 448 valence electrons. The Hall–Kier alpha value is -3.05. The van der Waals surface area contributed by atoms with Crippen molar-refractivity contribution in [2.24, 2.45) is 23.7 Å². The zero-order chi connectivity index (χ0) is 62.6. The molecule has 20 nitrogen and oxygen atoms in total. The first kappa shape index (κ1) is 82.8. The third kappa shape index (κ3) is 30.9. The summed E-state index contributed by atoms with van der Waals surface area (Å²) < 4.78 is 43.6. The summed E-state index contributed by atoms with van der Waals surface area (Å²) in [5.74, 6) is -21.1. The number of carbonyl (C=O) groups excluding carboxylic acids is 8. The Morgan fingerprint density at radius 2 is 0.312 bits per heavy atom. The van der Waals surface area contributed by atoms with Crippen molar-refractivity contribution >= 4 is 47.0 Å². The quantitative estimate of drug-likeness (QED) is 0.0864. The summed E-state index contributed by atoms with van der Waals surface area (Å²) in [6.45, 7) is 52.5. The maximum Gasteiger partial charge on any atom is 4.00 e. The number of carboxylic acids is 4. The van der Waals surface area contributed by atoms with E-state index in [0.717, 1.165) is 0 Å². The van der Waals surface area contributed by atoms with Crippen molar-refractivity contribution < 1.29 is 118 Å². The standard InChI is InChI=1S/4C14H26O5.Ti/c4*1-9(2)10(15)14(11(16)17,18-12(3,4)5)19-13(6,7)8;/h4*9H,1-8H3,(H,16,17);/q;;;;+4/p-4. The van der Waals surface area contributed by atoms with Gasteiger partial charge in [0.1, 0.15) is 23.9 Å². The van der Waals surface area contributed by atoms with Crippen molar-refractivity contribution in [3.63, 3.8) is 0 Å². The van der Waals surface area contributed by atoms with Gasteiger partial charge in [-0.05, 0) is 166 Å². The van der Waals surface area contributed by atoms with E-state index in [1.165, 1.54) is 0 Å². The Morgan fingerprint density at radius 3 is 0.351 bits per heavy atom. The summed E-state index contributed by atoms with van der Waals surface area (Å²) in [7, 11) is 0. The fourth-order valence-corrected chi connectivity index (χ4v) is 6.19. The van der Waals surface area contributed by atoms with Crippen LogP contribution in [0.4, 0.5) is 0 Å². The third-order valence-corrected chi connectivity index (χ3v) is 8.07. The molecule has 0 heterocycles. The van der Waals surface area contributed by atoms with Gasteiger partial charge in [0.15, 0.2) is 0 Å². The van der Waals surface area contributed by atoms with Crippen LogP contribution in [0.5, 0.6) is 0 Å². The molecule has 0 fully saturated rings. The maximum absolute atomic E-state index is 12.3. The van der Waals surface area contributed by atoms with Gasteiger partial charge >= 0.3 is 21.7 Å². The van der Waals surface area contributed by atoms with E-state index in [4.69, 9.17) is 37.9 Å². The first-order valence-electron chi connectivity index (χ1n) is 25.5. The first-order chi connectivity index (χ1) is 32.8. The van der Waals surface area contributed by atoms with E-state index >= 15 is 0 Å². The van der Waals surface area contributed by atoms with Crippen LogP contribution in [0.2, 0.25) is 0 Å². The number of ether oxygens (including phenoxy) is 8. The average molecular weight is 1140 g/mol. The summed E-state index contributed by atoms with van der Waals surface area (Å²) in [5.41, 5.74) is -6.92. The van der Waals surface area contributed by atoms with Crippen LogP contribution in [-0.2, 0) is 98.0 Å². The van der Waals surface area contributed by atoms with Crippen molar-refractivity contribution in [2.45, 2.75) is 290 Å². The monoisotopic (exact) mass is 1140 g/mol. The van der Waals surface area contributed by atoms with Gasteiger partial charge in [-0.2, -0.15) is 0 Å². The van der Waals surface area contributed by atoms with Crippen molar-refractivity contribution in [3.05, 3.63) is 0 Å². The summed E-state index contributed by atoms with van der Waals surface area (Å²) in [4.78, 5) is 95.3. The molecule has 0 rings (SSSR count). The second kappa shape index (κ2) is 29.6. The van der Waals surface area contributed by atoms with E-state index < -0.39 is 139 Å². The number of carbonyl (C=O) groups is 8. The van der Waals surface area contributed by atoms with Gasteiger partial charge < -0.3 is 77.5 Å². The molecule has 0 radical (unpaired) electrons. The fraction of sp³-hybridized carbons (Fsp3) is 0.857. The number of Topliss-reactive ketones (excluding diaryl/α,β-unsaturated/α-hetero) is 4. The van der Waals surface area contributed by atoms with Crippen molar-refractivity contribution in [1.29, 1.82) is 0 Å². The van der Waals surface area contributed by atoms with Crippen LogP contribution >= 0.6 is 0 Å². The molecule has 0 unspecified atom stereocenters. The molecule has 0 aliphatic carbocycles. The van der Waals surface area contributed by atoms with Crippen LogP contribution in [0.3, 0.4) is 0 Å². The number of rotatable bonds is 20. The second-order valence-corrected chi connectivity index (χ2v) is 27.4. The largest absolute Gasteiger partial charge is 4.00 e. The molecule has 21 heteroatoms. The SMILES string of the molecule is CC(C)C(=O)C(OC(C)(C)C)(OC(C)(C)C)C(=O)[O-].CC(C)C(=O)C(OC(C)(C)C)(OC(C)(C)C)C(=O)[O-].CC(C)C(=O)C(OC(C)(C)C)(OC(C)(C)C)C(=O)[O-].CC(C)C(=O)C(OC(C)(C)C)(OC(C)(C)C)C(=O)[O-].[Ti+4]. The Bertz CT molecular complexity index is 1600. The second-order valence-electron chi connectivity index (χ2n) is 27.4. The van der Waals surface area contributed by atoms with E-state index in [1.54, 1.807) is 222 Å². The summed E-state index contributed by atoms with van der Waals surface area (Å²) >= 11 is 0. The maximum atomic E-state index is 12.3. The molecule has 0 aromatic rings. The Morgan fingerprint density at radius 1 is 0.234 bits per heavy atom. The molecule has 0 atom stereocenters. The molecular formula is C56H100O20Ti. The molecule has 0 aliphatic heterocycles. The molecule has 77 heavy (non-hydrogen) atoms. The van der Waals surface area contributed by atoms with E-state index in [0.29, 0.717) is 0 Å². The number of hydrogen-bond donors (Lipinski definition) is 0. The molecule has 0 saturated carbocycles. The summed E-state index contributed by atoms with van der Waals surface area (Å²) in [5, 5.41) is 46.2. The van der Waals surface area contributed by atoms with Crippen LogP contribution in [0, 0.1) is 23.7 Å². The molecule has 0 spiro atoms. The summed E-state index contributed by atoms with van der Waals surface area (Å²) in [6, 6.07) is 0. The van der Waals surface area contributed by atoms with Crippen molar-refractivity contribution in [3.8, 4) is 0 Å². The molecule has 0 amide bonds. The predicted octanol–water partition coefficient (Wildman–Crippen LogP) is 5.15. The van der Waals surface area contributed by atoms with E-state index in [2.05, 4.69) is 0 Å². The fourth-order valence-electron chi connectivity index (χ4n) is 6.19. The van der Waals surface area contributed by atoms with Gasteiger partial charge in [-0.1, -0.05) is 55.4 Å². The summed E-state index contributed by atoms with van der Waals surface area (Å²) in [6.07, 6.45) is 0. The van der Waals surface area contributed by atoms with Crippen molar-refractivity contribution in [2.75, 3.05) is 0 Å². The van der Waals surface area contributed by atoms with Crippen LogP contribution in [0.1, 0.15) is 222 Å². The minimum Gasteiger partial charge on any atom is -0.544 e. The smallest absolute Gasteiger partial charge is 0.544 e. The Balaban J connectivity index is -0.000000298. The van der Waals surface area contributed by atoms with Crippen molar-refractivity contribution in [1.82, 2.24) is 0 Å². The normalized spacial score (nSPS) is 13.6. The van der Waals surface area contributed by atoms with Gasteiger partial charge in [0, 0.05) is 23.7 Å². The minimum atomic E-state index is -2.38. The Labute approximate surface area is 476 Å². The predicted molar refractivity (Wildman–Crippen MR) is 277 cm³/mol. The molecule has 0 saturated heterocycles. The van der Waals surface area contributed by atoms with Gasteiger partial charge in [0.05, 0.1) is 44.8 Å². The molecule has 0 N–H and O–H groups in total. The third-order valence-electron chi connectivity index (χ3n) is 8.07. The van der Waals surface area contributed by atoms with Gasteiger partial charge in [0.25, 0.3) is 23.1 Å². The van der Waals surface area contributed by atoms with E-state index in [-0.39, 0.29) is 21.7 Å². The van der Waals surface area contributed by atoms with Gasteiger partial charge in [-0.15, -0.1) is 0 Å². The number of hydrogen-bond acceptors (Lipinski definition) is 20. The van der Waals surface area contributed by atoms with Crippen LogP contribution < -0.4 is 20.4 Å². The van der Waals surface area contributed by atoms with Gasteiger partial charge in [-0.25, -0.2) is 0 Å². The number of carboxylic acid groups (broad SMARTS) is 4. The van der Waals surface area contributed by atoms with E-state index in [9.17, 15) is 58.8 Å². The molecular weight excluding hydrogens is 1040 g/mol. The topological polar surface area (TPSA) is 303 Å². The van der Waals surface area contributed by atoms with Crippen LogP contribution in [0.25, 0.3) is 0 Å². The number of ketones is 4. The van der Waals surface area contributed by atoms with Crippen LogP contribution in [-0.4, -0.2) is 115 Å². The molecule has 0 aromatic heterocycles. The average Bonchev–Trinajstić information content (AvgIpc) is 3.11. The van der Waals surface area contributed by atoms with E-state index in [1.807, 2.05) is 0 Å². The molecule has 0 aromatic carbocycles. The molecule has 0 bridgehead atoms. The molecule has 0 aliphatic rings. The Kier molecular flexibility index (Phi) is 31.8. The zero-order valence-electron chi connectivity index (χ0n) is 53.0. The van der Waals surface area contributed by atoms with Gasteiger partial charge in [-0.3, -0.25) is 19.2 Å². The first-order valence-corrected chi connectivity index (χ1v) is 25.5. The van der Waals surface area contributed by atoms with Crippen LogP contribution in [0.15, 0.2) is 0 Å². The number of aliphatic carboxylic acids is 4. The van der Waals surface area contributed by atoms with Gasteiger partial charge in [0.2, 0.25) is 23.1 Å².